The van der Waals surface area contributed by atoms with E-state index in [0.29, 0.717) is 45.9 Å². The van der Waals surface area contributed by atoms with Gasteiger partial charge in [-0.25, -0.2) is 0 Å². The largest absolute Gasteiger partial charge is 0.385 e. The van der Waals surface area contributed by atoms with E-state index >= 15 is 0 Å². The van der Waals surface area contributed by atoms with Crippen LogP contribution in [0.3, 0.4) is 0 Å². The van der Waals surface area contributed by atoms with E-state index < -0.39 is 5.79 Å². The first-order chi connectivity index (χ1) is 11.2. The van der Waals surface area contributed by atoms with Crippen molar-refractivity contribution < 1.29 is 23.8 Å². The molecule has 2 atom stereocenters. The first kappa shape index (κ1) is 16.7. The van der Waals surface area contributed by atoms with Crippen LogP contribution in [-0.2, 0) is 23.8 Å². The first-order valence-corrected chi connectivity index (χ1v) is 8.48. The van der Waals surface area contributed by atoms with Crippen molar-refractivity contribution in [2.45, 2.75) is 31.5 Å². The summed E-state index contributed by atoms with van der Waals surface area (Å²) in [6.45, 7) is 3.82. The van der Waals surface area contributed by atoms with E-state index in [-0.39, 0.29) is 23.7 Å². The van der Waals surface area contributed by atoms with Crippen LogP contribution in [0.15, 0.2) is 0 Å². The summed E-state index contributed by atoms with van der Waals surface area (Å²) in [5.74, 6) is -0.652. The van der Waals surface area contributed by atoms with Crippen LogP contribution in [0.1, 0.15) is 25.7 Å². The maximum Gasteiger partial charge on any atom is 0.226 e. The summed E-state index contributed by atoms with van der Waals surface area (Å²) < 4.78 is 16.3. The Morgan fingerprint density at radius 2 is 1.91 bits per heavy atom. The fourth-order valence-corrected chi connectivity index (χ4v) is 3.40. The Hall–Kier alpha value is -1.18. The molecule has 1 N–H and O–H groups in total. The van der Waals surface area contributed by atoms with Crippen molar-refractivity contribution in [1.29, 1.82) is 0 Å². The van der Waals surface area contributed by atoms with Gasteiger partial charge in [-0.3, -0.25) is 9.59 Å². The fraction of sp³-hybridized carbons (Fsp3) is 0.875. The summed E-state index contributed by atoms with van der Waals surface area (Å²) in [6, 6.07) is 0. The normalized spacial score (nSPS) is 28.8. The molecule has 2 unspecified atom stereocenters. The molecule has 0 bridgehead atoms. The van der Waals surface area contributed by atoms with Crippen LogP contribution < -0.4 is 5.32 Å². The highest BCUT2D eigenvalue weighted by Gasteiger charge is 2.51. The Labute approximate surface area is 136 Å². The highest BCUT2D eigenvalue weighted by Crippen LogP contribution is 2.41. The number of carbonyl (C=O) groups is 2. The van der Waals surface area contributed by atoms with E-state index in [2.05, 4.69) is 5.32 Å². The van der Waals surface area contributed by atoms with E-state index in [1.54, 1.807) is 7.11 Å². The minimum Gasteiger partial charge on any atom is -0.385 e. The number of rotatable bonds is 6. The summed E-state index contributed by atoms with van der Waals surface area (Å²) in [5.41, 5.74) is 0. The van der Waals surface area contributed by atoms with Crippen molar-refractivity contribution >= 4 is 11.8 Å². The van der Waals surface area contributed by atoms with Gasteiger partial charge in [0.25, 0.3) is 0 Å². The summed E-state index contributed by atoms with van der Waals surface area (Å²) in [5, 5.41) is 2.88. The quantitative estimate of drug-likeness (QED) is 0.703. The van der Waals surface area contributed by atoms with Crippen molar-refractivity contribution in [2.75, 3.05) is 46.6 Å². The lowest BCUT2D eigenvalue weighted by molar-refractivity contribution is -0.187. The predicted molar refractivity (Wildman–Crippen MR) is 81.5 cm³/mol. The first-order valence-electron chi connectivity index (χ1n) is 8.48. The van der Waals surface area contributed by atoms with Crippen LogP contribution in [0.4, 0.5) is 0 Å². The average molecular weight is 326 g/mol. The van der Waals surface area contributed by atoms with Crippen molar-refractivity contribution in [2.24, 2.45) is 11.8 Å². The van der Waals surface area contributed by atoms with Crippen molar-refractivity contribution in [3.63, 3.8) is 0 Å². The molecule has 7 nitrogen and oxygen atoms in total. The minimum atomic E-state index is -0.460. The molecule has 3 rings (SSSR count). The van der Waals surface area contributed by atoms with Gasteiger partial charge in [0.1, 0.15) is 0 Å². The molecular formula is C16H26N2O5. The molecule has 0 aromatic carbocycles. The number of carbonyl (C=O) groups excluding carboxylic acids is 2. The second-order valence-electron chi connectivity index (χ2n) is 6.52. The van der Waals surface area contributed by atoms with E-state index in [0.717, 1.165) is 19.3 Å². The average Bonchev–Trinajstić information content (AvgIpc) is 3.26. The Morgan fingerprint density at radius 3 is 2.57 bits per heavy atom. The SMILES string of the molecule is COCCCNC(=O)C1CC1C(=O)N1CCC2(CC1)OCCO2. The lowest BCUT2D eigenvalue weighted by Crippen LogP contribution is -2.48. The number of hydrogen-bond donors (Lipinski definition) is 1. The molecule has 130 valence electrons. The topological polar surface area (TPSA) is 77.1 Å². The maximum atomic E-state index is 12.5. The number of amides is 2. The van der Waals surface area contributed by atoms with Gasteiger partial charge in [-0.15, -0.1) is 0 Å². The van der Waals surface area contributed by atoms with Gasteiger partial charge in [-0.2, -0.15) is 0 Å². The molecule has 2 amide bonds. The Morgan fingerprint density at radius 1 is 1.22 bits per heavy atom. The number of hydrogen-bond acceptors (Lipinski definition) is 5. The zero-order chi connectivity index (χ0) is 16.3. The number of piperidine rings is 1. The summed E-state index contributed by atoms with van der Waals surface area (Å²) in [6.07, 6.45) is 2.91. The van der Waals surface area contributed by atoms with Gasteiger partial charge in [0.05, 0.1) is 25.0 Å². The van der Waals surface area contributed by atoms with E-state index in [1.165, 1.54) is 0 Å². The number of nitrogens with one attached hydrogen (secondary N) is 1. The van der Waals surface area contributed by atoms with Gasteiger partial charge < -0.3 is 24.4 Å². The fourth-order valence-electron chi connectivity index (χ4n) is 3.40. The van der Waals surface area contributed by atoms with Crippen LogP contribution in [-0.4, -0.2) is 69.1 Å². The number of methoxy groups -OCH3 is 1. The molecule has 2 saturated heterocycles. The second kappa shape index (κ2) is 7.15. The molecule has 7 heteroatoms. The number of nitrogens with zero attached hydrogens (tertiary/aromatic N) is 1. The van der Waals surface area contributed by atoms with E-state index in [1.807, 2.05) is 4.90 Å². The van der Waals surface area contributed by atoms with Gasteiger partial charge in [-0.05, 0) is 12.8 Å². The zero-order valence-corrected chi connectivity index (χ0v) is 13.7. The Kier molecular flexibility index (Phi) is 5.18. The third-order valence-corrected chi connectivity index (χ3v) is 4.92. The van der Waals surface area contributed by atoms with Crippen molar-refractivity contribution in [3.8, 4) is 0 Å². The molecule has 3 fully saturated rings. The van der Waals surface area contributed by atoms with E-state index in [9.17, 15) is 9.59 Å². The summed E-state index contributed by atoms with van der Waals surface area (Å²) in [7, 11) is 1.64. The van der Waals surface area contributed by atoms with Gasteiger partial charge in [0.15, 0.2) is 5.79 Å². The lowest BCUT2D eigenvalue weighted by atomic mass is 10.0. The minimum absolute atomic E-state index is 0.00427. The zero-order valence-electron chi connectivity index (χ0n) is 13.7. The summed E-state index contributed by atoms with van der Waals surface area (Å²) >= 11 is 0. The number of likely N-dealkylation sites (tertiary alicyclic amines) is 1. The molecule has 3 aliphatic rings. The third kappa shape index (κ3) is 3.84. The highest BCUT2D eigenvalue weighted by molar-refractivity contribution is 5.92. The van der Waals surface area contributed by atoms with Crippen LogP contribution in [0, 0.1) is 11.8 Å². The number of ether oxygens (including phenoxy) is 3. The van der Waals surface area contributed by atoms with Crippen LogP contribution in [0.2, 0.25) is 0 Å². The highest BCUT2D eigenvalue weighted by atomic mass is 16.7. The molecule has 1 saturated carbocycles. The molecule has 0 aromatic rings. The van der Waals surface area contributed by atoms with Gasteiger partial charge in [-0.1, -0.05) is 0 Å². The van der Waals surface area contributed by atoms with Crippen LogP contribution in [0.5, 0.6) is 0 Å². The third-order valence-electron chi connectivity index (χ3n) is 4.92. The standard InChI is InChI=1S/C16H26N2O5/c1-21-8-2-5-17-14(19)12-11-13(12)15(20)18-6-3-16(4-7-18)22-9-10-23-16/h12-13H,2-11H2,1H3,(H,17,19). The molecule has 2 aliphatic heterocycles. The molecule has 0 radical (unpaired) electrons. The predicted octanol–water partition coefficient (Wildman–Crippen LogP) is 0.141. The molecule has 0 aromatic heterocycles. The molecular weight excluding hydrogens is 300 g/mol. The Bertz CT molecular complexity index is 440. The second-order valence-corrected chi connectivity index (χ2v) is 6.52. The van der Waals surface area contributed by atoms with Gasteiger partial charge in [0, 0.05) is 46.2 Å². The molecule has 1 spiro atoms. The lowest BCUT2D eigenvalue weighted by Gasteiger charge is -2.37. The maximum absolute atomic E-state index is 12.5. The molecule has 2 heterocycles. The summed E-state index contributed by atoms with van der Waals surface area (Å²) in [4.78, 5) is 26.4. The van der Waals surface area contributed by atoms with Gasteiger partial charge >= 0.3 is 0 Å². The van der Waals surface area contributed by atoms with E-state index in [4.69, 9.17) is 14.2 Å². The van der Waals surface area contributed by atoms with Gasteiger partial charge in [0.2, 0.25) is 11.8 Å². The smallest absolute Gasteiger partial charge is 0.226 e. The van der Waals surface area contributed by atoms with Crippen molar-refractivity contribution in [3.05, 3.63) is 0 Å². The van der Waals surface area contributed by atoms with Crippen molar-refractivity contribution in [1.82, 2.24) is 10.2 Å². The molecule has 23 heavy (non-hydrogen) atoms. The van der Waals surface area contributed by atoms with Crippen LogP contribution >= 0.6 is 0 Å². The Balaban J connectivity index is 1.39. The monoisotopic (exact) mass is 326 g/mol. The van der Waals surface area contributed by atoms with Crippen LogP contribution in [0.25, 0.3) is 0 Å². The molecule has 1 aliphatic carbocycles.